The van der Waals surface area contributed by atoms with Crippen LogP contribution < -0.4 is 10.6 Å². The molecule has 1 amide bonds. The van der Waals surface area contributed by atoms with Crippen LogP contribution in [-0.4, -0.2) is 62.7 Å². The maximum Gasteiger partial charge on any atom is 0.243 e. The zero-order valence-electron chi connectivity index (χ0n) is 17.7. The second kappa shape index (κ2) is 12.1. The molecule has 0 aliphatic heterocycles. The van der Waals surface area contributed by atoms with Crippen molar-refractivity contribution in [2.75, 3.05) is 33.8 Å². The summed E-state index contributed by atoms with van der Waals surface area (Å²) in [6.45, 7) is 8.15. The van der Waals surface area contributed by atoms with Gasteiger partial charge in [0.2, 0.25) is 5.91 Å². The number of halogens is 1. The fourth-order valence-corrected chi connectivity index (χ4v) is 4.19. The van der Waals surface area contributed by atoms with E-state index in [1.807, 2.05) is 6.92 Å². The monoisotopic (exact) mass is 494 g/mol. The minimum absolute atomic E-state index is 0. The van der Waals surface area contributed by atoms with E-state index in [0.717, 1.165) is 37.4 Å². The highest BCUT2D eigenvalue weighted by Gasteiger charge is 2.39. The summed E-state index contributed by atoms with van der Waals surface area (Å²) in [6, 6.07) is 0.502. The number of rotatable bonds is 9. The van der Waals surface area contributed by atoms with E-state index in [0.29, 0.717) is 12.0 Å². The Balaban J connectivity index is 0.00000364. The van der Waals surface area contributed by atoms with Crippen molar-refractivity contribution in [3.05, 3.63) is 0 Å². The molecule has 0 radical (unpaired) electrons. The first-order valence-electron chi connectivity index (χ1n) is 10.3. The van der Waals surface area contributed by atoms with Gasteiger partial charge in [0.15, 0.2) is 5.96 Å². The molecule has 4 atom stereocenters. The normalized spacial score (nSPS) is 25.3. The second-order valence-electron chi connectivity index (χ2n) is 8.33. The van der Waals surface area contributed by atoms with E-state index in [1.54, 1.807) is 19.0 Å². The van der Waals surface area contributed by atoms with Crippen molar-refractivity contribution < 1.29 is 9.53 Å². The van der Waals surface area contributed by atoms with Crippen molar-refractivity contribution >= 4 is 35.8 Å². The van der Waals surface area contributed by atoms with E-state index in [-0.39, 0.29) is 42.5 Å². The lowest BCUT2D eigenvalue weighted by molar-refractivity contribution is -0.127. The number of ether oxygens (including phenoxy) is 1. The number of amides is 1. The van der Waals surface area contributed by atoms with Crippen molar-refractivity contribution in [3.8, 4) is 0 Å². The molecule has 2 aliphatic rings. The van der Waals surface area contributed by atoms with Crippen molar-refractivity contribution in [2.45, 2.75) is 65.0 Å². The quantitative estimate of drug-likeness (QED) is 0.294. The molecule has 158 valence electrons. The Kier molecular flexibility index (Phi) is 11.0. The number of guanidine groups is 1. The SMILES string of the molecule is CCOC(CCNC(=NCC(=O)N(C)C)NC1CC2CCC1C2)C(C)C.I. The van der Waals surface area contributed by atoms with Gasteiger partial charge in [-0.2, -0.15) is 0 Å². The molecule has 0 aromatic heterocycles. The molecule has 6 nitrogen and oxygen atoms in total. The summed E-state index contributed by atoms with van der Waals surface area (Å²) < 4.78 is 5.83. The van der Waals surface area contributed by atoms with Crippen molar-refractivity contribution in [3.63, 3.8) is 0 Å². The Bertz CT molecular complexity index is 485. The predicted molar refractivity (Wildman–Crippen MR) is 122 cm³/mol. The van der Waals surface area contributed by atoms with Gasteiger partial charge in [-0.3, -0.25) is 4.79 Å². The van der Waals surface area contributed by atoms with E-state index in [9.17, 15) is 4.79 Å². The van der Waals surface area contributed by atoms with Crippen molar-refractivity contribution in [2.24, 2.45) is 22.7 Å². The fraction of sp³-hybridized carbons (Fsp3) is 0.900. The smallest absolute Gasteiger partial charge is 0.243 e. The van der Waals surface area contributed by atoms with Gasteiger partial charge < -0.3 is 20.3 Å². The zero-order chi connectivity index (χ0) is 19.1. The summed E-state index contributed by atoms with van der Waals surface area (Å²) in [5, 5.41) is 7.04. The molecule has 0 aromatic rings. The first-order valence-corrected chi connectivity index (χ1v) is 10.3. The molecule has 0 spiro atoms. The van der Waals surface area contributed by atoms with Crippen LogP contribution in [0.25, 0.3) is 0 Å². The molecule has 0 heterocycles. The summed E-state index contributed by atoms with van der Waals surface area (Å²) in [5.74, 6) is 2.94. The van der Waals surface area contributed by atoms with Crippen LogP contribution in [0.15, 0.2) is 4.99 Å². The number of likely N-dealkylation sites (N-methyl/N-ethyl adjacent to an activating group) is 1. The van der Waals surface area contributed by atoms with Gasteiger partial charge in [0.1, 0.15) is 6.54 Å². The summed E-state index contributed by atoms with van der Waals surface area (Å²) in [7, 11) is 3.53. The Hall–Kier alpha value is -0.570. The maximum atomic E-state index is 11.9. The van der Waals surface area contributed by atoms with Crippen LogP contribution in [0.2, 0.25) is 0 Å². The van der Waals surface area contributed by atoms with Crippen LogP contribution in [0.3, 0.4) is 0 Å². The summed E-state index contributed by atoms with van der Waals surface area (Å²) >= 11 is 0. The zero-order valence-corrected chi connectivity index (χ0v) is 20.0. The van der Waals surface area contributed by atoms with Gasteiger partial charge in [-0.05, 0) is 50.4 Å². The summed E-state index contributed by atoms with van der Waals surface area (Å²) in [6.07, 6.45) is 6.48. The van der Waals surface area contributed by atoms with Gasteiger partial charge in [0.05, 0.1) is 6.10 Å². The van der Waals surface area contributed by atoms with Crippen molar-refractivity contribution in [1.29, 1.82) is 0 Å². The number of fused-ring (bicyclic) bond motifs is 2. The van der Waals surface area contributed by atoms with Gasteiger partial charge in [-0.25, -0.2) is 4.99 Å². The maximum absolute atomic E-state index is 11.9. The molecule has 2 aliphatic carbocycles. The molecule has 4 unspecified atom stereocenters. The van der Waals surface area contributed by atoms with Gasteiger partial charge in [-0.15, -0.1) is 24.0 Å². The number of carbonyl (C=O) groups is 1. The first kappa shape index (κ1) is 24.5. The first-order chi connectivity index (χ1) is 12.4. The molecular weight excluding hydrogens is 455 g/mol. The highest BCUT2D eigenvalue weighted by atomic mass is 127. The molecule has 0 aromatic carbocycles. The molecule has 2 saturated carbocycles. The molecular formula is C20H39IN4O2. The molecule has 7 heteroatoms. The Morgan fingerprint density at radius 3 is 2.52 bits per heavy atom. The highest BCUT2D eigenvalue weighted by Crippen LogP contribution is 2.44. The third-order valence-corrected chi connectivity index (χ3v) is 5.78. The second-order valence-corrected chi connectivity index (χ2v) is 8.33. The average molecular weight is 494 g/mol. The molecule has 2 fully saturated rings. The van der Waals surface area contributed by atoms with Gasteiger partial charge >= 0.3 is 0 Å². The molecule has 0 saturated heterocycles. The summed E-state index contributed by atoms with van der Waals surface area (Å²) in [5.41, 5.74) is 0. The van der Waals surface area contributed by atoms with Crippen molar-refractivity contribution in [1.82, 2.24) is 15.5 Å². The van der Waals surface area contributed by atoms with E-state index < -0.39 is 0 Å². The third-order valence-electron chi connectivity index (χ3n) is 5.78. The van der Waals surface area contributed by atoms with Crippen LogP contribution >= 0.6 is 24.0 Å². The van der Waals surface area contributed by atoms with Gasteiger partial charge in [-0.1, -0.05) is 20.3 Å². The van der Waals surface area contributed by atoms with Gasteiger partial charge in [0, 0.05) is 33.3 Å². The average Bonchev–Trinajstić information content (AvgIpc) is 3.20. The number of hydrogen-bond donors (Lipinski definition) is 2. The van der Waals surface area contributed by atoms with E-state index in [2.05, 4.69) is 29.5 Å². The molecule has 2 bridgehead atoms. The van der Waals surface area contributed by atoms with E-state index >= 15 is 0 Å². The Labute approximate surface area is 182 Å². The number of nitrogens with one attached hydrogen (secondary N) is 2. The number of nitrogens with zero attached hydrogens (tertiary/aromatic N) is 2. The number of aliphatic imine (C=N–C) groups is 1. The molecule has 2 rings (SSSR count). The largest absolute Gasteiger partial charge is 0.378 e. The minimum Gasteiger partial charge on any atom is -0.378 e. The highest BCUT2D eigenvalue weighted by molar-refractivity contribution is 14.0. The van der Waals surface area contributed by atoms with Crippen LogP contribution in [-0.2, 0) is 9.53 Å². The van der Waals surface area contributed by atoms with Crippen LogP contribution in [0, 0.1) is 17.8 Å². The number of hydrogen-bond acceptors (Lipinski definition) is 3. The standard InChI is InChI=1S/C20H38N4O2.HI/c1-6-26-18(14(2)3)9-10-21-20(22-13-19(25)24(4)5)23-17-12-15-7-8-16(17)11-15;/h14-18H,6-13H2,1-5H3,(H2,21,22,23);1H. The lowest BCUT2D eigenvalue weighted by Gasteiger charge is -2.26. The van der Waals surface area contributed by atoms with Gasteiger partial charge in [0.25, 0.3) is 0 Å². The van der Waals surface area contributed by atoms with Crippen LogP contribution in [0.4, 0.5) is 0 Å². The number of carbonyl (C=O) groups excluding carboxylic acids is 1. The lowest BCUT2D eigenvalue weighted by Crippen LogP contribution is -2.47. The molecule has 27 heavy (non-hydrogen) atoms. The fourth-order valence-electron chi connectivity index (χ4n) is 4.19. The lowest BCUT2D eigenvalue weighted by atomic mass is 9.95. The van der Waals surface area contributed by atoms with Crippen LogP contribution in [0.1, 0.15) is 52.9 Å². The van der Waals surface area contributed by atoms with E-state index in [4.69, 9.17) is 4.74 Å². The van der Waals surface area contributed by atoms with E-state index in [1.165, 1.54) is 25.7 Å². The third kappa shape index (κ3) is 7.75. The Morgan fingerprint density at radius 1 is 1.26 bits per heavy atom. The minimum atomic E-state index is 0. The topological polar surface area (TPSA) is 66.0 Å². The predicted octanol–water partition coefficient (Wildman–Crippen LogP) is 2.87. The Morgan fingerprint density at radius 2 is 2.00 bits per heavy atom. The summed E-state index contributed by atoms with van der Waals surface area (Å²) in [4.78, 5) is 18.0. The molecule has 2 N–H and O–H groups in total. The van der Waals surface area contributed by atoms with Crippen LogP contribution in [0.5, 0.6) is 0 Å².